The molecule has 0 fully saturated rings. The molecule has 44 heavy (non-hydrogen) atoms. The van der Waals surface area contributed by atoms with Crippen molar-refractivity contribution in [3.63, 3.8) is 0 Å². The zero-order chi connectivity index (χ0) is 32.3. The number of nitrogens with zero attached hydrogens (tertiary/aromatic N) is 2. The van der Waals surface area contributed by atoms with E-state index in [1.165, 1.54) is 0 Å². The van der Waals surface area contributed by atoms with E-state index in [0.29, 0.717) is 30.7 Å². The Balaban J connectivity index is 1.95. The minimum absolute atomic E-state index is 0.0725. The highest BCUT2D eigenvalue weighted by molar-refractivity contribution is 6.01. The molecule has 0 saturated heterocycles. The molecule has 1 heterocycles. The number of hydrogen-bond donors (Lipinski definition) is 4. The quantitative estimate of drug-likeness (QED) is 0.0882. The molecule has 0 saturated carbocycles. The first-order valence-corrected chi connectivity index (χ1v) is 14.4. The van der Waals surface area contributed by atoms with Crippen molar-refractivity contribution in [3.05, 3.63) is 41.2 Å². The van der Waals surface area contributed by atoms with Crippen LogP contribution < -0.4 is 21.3 Å². The largest absolute Gasteiger partial charge is 0.467 e. The molecular weight excluding hydrogens is 576 g/mol. The maximum absolute atomic E-state index is 13.0. The van der Waals surface area contributed by atoms with Crippen molar-refractivity contribution in [3.8, 4) is 0 Å². The Morgan fingerprint density at radius 1 is 0.955 bits per heavy atom. The lowest BCUT2D eigenvalue weighted by molar-refractivity contribution is -0.143. The number of methoxy groups -OCH3 is 1. The molecule has 1 aromatic rings. The first-order chi connectivity index (χ1) is 21.2. The van der Waals surface area contributed by atoms with Crippen molar-refractivity contribution in [2.24, 2.45) is 5.16 Å². The summed E-state index contributed by atoms with van der Waals surface area (Å²) in [6.07, 6.45) is 0.873. The van der Waals surface area contributed by atoms with E-state index in [2.05, 4.69) is 31.3 Å². The van der Waals surface area contributed by atoms with E-state index in [0.717, 1.165) is 25.5 Å². The monoisotopic (exact) mass is 616 g/mol. The van der Waals surface area contributed by atoms with Gasteiger partial charge < -0.3 is 40.3 Å². The number of unbranched alkanes of at least 4 members (excludes halogenated alkanes) is 2. The Kier molecular flexibility index (Phi) is 15.5. The average molecular weight is 617 g/mol. The standard InChI is InChI=1S/C29H40N6O9/c1-5-7-13-42-28(39)33-23(26(37)32-18-24(27(38)41-4)34-29(40)43-14-8-6-2)17-31-25(36)16-21-15-22(35-44-21)19-9-11-20(30-3)12-10-19/h9-12,21,23-24H,5-8,13-18H2,1-2,4H3,(H,31,36)(H,32,37)(H,33,39)(H,34,40). The van der Waals surface area contributed by atoms with E-state index in [4.69, 9.17) is 25.6 Å². The first-order valence-electron chi connectivity index (χ1n) is 14.4. The third-order valence-electron chi connectivity index (χ3n) is 6.31. The van der Waals surface area contributed by atoms with Crippen LogP contribution in [0.2, 0.25) is 0 Å². The van der Waals surface area contributed by atoms with Crippen molar-refractivity contribution in [1.82, 2.24) is 21.3 Å². The minimum atomic E-state index is -1.28. The van der Waals surface area contributed by atoms with Crippen LogP contribution in [-0.2, 0) is 33.4 Å². The highest BCUT2D eigenvalue weighted by Crippen LogP contribution is 2.21. The predicted molar refractivity (Wildman–Crippen MR) is 158 cm³/mol. The van der Waals surface area contributed by atoms with Crippen LogP contribution >= 0.6 is 0 Å². The summed E-state index contributed by atoms with van der Waals surface area (Å²) in [5, 5.41) is 13.9. The number of nitrogens with one attached hydrogen (secondary N) is 4. The molecule has 15 nitrogen and oxygen atoms in total. The van der Waals surface area contributed by atoms with E-state index in [1.54, 1.807) is 24.3 Å². The molecule has 0 radical (unpaired) electrons. The Morgan fingerprint density at radius 2 is 1.55 bits per heavy atom. The summed E-state index contributed by atoms with van der Waals surface area (Å²) in [6, 6.07) is 4.29. The maximum atomic E-state index is 13.0. The fourth-order valence-corrected chi connectivity index (χ4v) is 3.79. The number of carbonyl (C=O) groups is 5. The molecule has 4 amide bonds. The van der Waals surface area contributed by atoms with Crippen LogP contribution in [0.3, 0.4) is 0 Å². The molecule has 1 aromatic carbocycles. The summed E-state index contributed by atoms with van der Waals surface area (Å²) in [5.41, 5.74) is 1.90. The topological polar surface area (TPSA) is 187 Å². The van der Waals surface area contributed by atoms with Crippen LogP contribution in [-0.4, -0.2) is 87.3 Å². The second-order valence-electron chi connectivity index (χ2n) is 9.78. The van der Waals surface area contributed by atoms with Gasteiger partial charge in [-0.05, 0) is 18.4 Å². The van der Waals surface area contributed by atoms with Gasteiger partial charge in [0.2, 0.25) is 11.8 Å². The zero-order valence-electron chi connectivity index (χ0n) is 25.2. The number of hydrogen-bond acceptors (Lipinski definition) is 10. The van der Waals surface area contributed by atoms with Crippen LogP contribution in [0.4, 0.5) is 15.3 Å². The molecule has 2 rings (SSSR count). The fraction of sp³-hybridized carbons (Fsp3) is 0.552. The molecule has 0 bridgehead atoms. The Bertz CT molecular complexity index is 1200. The molecular formula is C29H40N6O9. The van der Waals surface area contributed by atoms with Gasteiger partial charge in [0.25, 0.3) is 0 Å². The number of rotatable bonds is 17. The molecule has 15 heteroatoms. The van der Waals surface area contributed by atoms with E-state index in [9.17, 15) is 24.0 Å². The predicted octanol–water partition coefficient (Wildman–Crippen LogP) is 2.32. The Morgan fingerprint density at radius 3 is 2.11 bits per heavy atom. The zero-order valence-corrected chi connectivity index (χ0v) is 25.2. The highest BCUT2D eigenvalue weighted by atomic mass is 16.6. The van der Waals surface area contributed by atoms with Gasteiger partial charge in [0, 0.05) is 19.5 Å². The van der Waals surface area contributed by atoms with Crippen LogP contribution in [0.5, 0.6) is 0 Å². The Labute approximate surface area is 256 Å². The number of oxime groups is 1. The summed E-state index contributed by atoms with van der Waals surface area (Å²) < 4.78 is 14.8. The van der Waals surface area contributed by atoms with Crippen molar-refractivity contribution in [2.45, 2.75) is 70.6 Å². The number of amides is 4. The third kappa shape index (κ3) is 12.6. The van der Waals surface area contributed by atoms with Gasteiger partial charge >= 0.3 is 18.2 Å². The Hall–Kier alpha value is -4.87. The van der Waals surface area contributed by atoms with Crippen molar-refractivity contribution >= 4 is 41.4 Å². The molecule has 1 aliphatic heterocycles. The van der Waals surface area contributed by atoms with E-state index in [1.807, 2.05) is 13.8 Å². The molecule has 0 aliphatic carbocycles. The number of esters is 1. The molecule has 3 atom stereocenters. The lowest BCUT2D eigenvalue weighted by atomic mass is 10.0. The highest BCUT2D eigenvalue weighted by Gasteiger charge is 2.29. The molecule has 3 unspecified atom stereocenters. The number of benzene rings is 1. The van der Waals surface area contributed by atoms with Crippen molar-refractivity contribution in [2.75, 3.05) is 33.4 Å². The van der Waals surface area contributed by atoms with Crippen molar-refractivity contribution < 1.29 is 43.0 Å². The number of ether oxygens (including phenoxy) is 3. The molecule has 0 spiro atoms. The maximum Gasteiger partial charge on any atom is 0.407 e. The van der Waals surface area contributed by atoms with E-state index < -0.39 is 48.2 Å². The first kappa shape index (κ1) is 35.3. The minimum Gasteiger partial charge on any atom is -0.467 e. The third-order valence-corrected chi connectivity index (χ3v) is 6.31. The smallest absolute Gasteiger partial charge is 0.407 e. The second kappa shape index (κ2) is 19.3. The summed E-state index contributed by atoms with van der Waals surface area (Å²) in [5.74, 6) is -2.04. The van der Waals surface area contributed by atoms with Gasteiger partial charge in [-0.1, -0.05) is 56.1 Å². The lowest BCUT2D eigenvalue weighted by Gasteiger charge is -2.21. The molecule has 1 aliphatic rings. The number of alkyl carbamates (subject to hydrolysis) is 2. The summed E-state index contributed by atoms with van der Waals surface area (Å²) in [4.78, 5) is 71.0. The van der Waals surface area contributed by atoms with Crippen LogP contribution in [0.15, 0.2) is 29.4 Å². The van der Waals surface area contributed by atoms with Gasteiger partial charge in [-0.3, -0.25) is 9.59 Å². The van der Waals surface area contributed by atoms with Gasteiger partial charge in [-0.15, -0.1) is 0 Å². The van der Waals surface area contributed by atoms with Crippen LogP contribution in [0.25, 0.3) is 4.85 Å². The van der Waals surface area contributed by atoms with Crippen molar-refractivity contribution in [1.29, 1.82) is 0 Å². The van der Waals surface area contributed by atoms with Gasteiger partial charge in [-0.25, -0.2) is 19.2 Å². The van der Waals surface area contributed by atoms with Gasteiger partial charge in [0.1, 0.15) is 18.2 Å². The molecule has 0 aromatic heterocycles. The fourth-order valence-electron chi connectivity index (χ4n) is 3.79. The second-order valence-corrected chi connectivity index (χ2v) is 9.78. The van der Waals surface area contributed by atoms with Crippen LogP contribution in [0.1, 0.15) is 57.9 Å². The van der Waals surface area contributed by atoms with Crippen LogP contribution in [0, 0.1) is 6.57 Å². The summed E-state index contributed by atoms with van der Waals surface area (Å²) in [6.45, 7) is 10.5. The van der Waals surface area contributed by atoms with Gasteiger partial charge in [0.05, 0.1) is 39.0 Å². The summed E-state index contributed by atoms with van der Waals surface area (Å²) in [7, 11) is 1.13. The average Bonchev–Trinajstić information content (AvgIpc) is 3.49. The van der Waals surface area contributed by atoms with E-state index >= 15 is 0 Å². The van der Waals surface area contributed by atoms with E-state index in [-0.39, 0.29) is 32.7 Å². The number of carbonyl (C=O) groups excluding carboxylic acids is 5. The van der Waals surface area contributed by atoms with Gasteiger partial charge in [0.15, 0.2) is 5.69 Å². The SMILES string of the molecule is [C-]#[N+]c1ccc(C2=NOC(CC(=O)NCC(NC(=O)OCCCC)C(=O)NCC(NC(=O)OCCCC)C(=O)OC)C2)cc1. The lowest BCUT2D eigenvalue weighted by Crippen LogP contribution is -2.56. The van der Waals surface area contributed by atoms with Gasteiger partial charge in [-0.2, -0.15) is 0 Å². The molecule has 4 N–H and O–H groups in total. The normalized spacial score (nSPS) is 14.9. The summed E-state index contributed by atoms with van der Waals surface area (Å²) >= 11 is 0. The molecule has 240 valence electrons.